The number of allylic oxidation sites excluding steroid dienone is 4. The third kappa shape index (κ3) is 3.07. The Bertz CT molecular complexity index is 898. The highest BCUT2D eigenvalue weighted by Crippen LogP contribution is 2.45. The van der Waals surface area contributed by atoms with Crippen molar-refractivity contribution in [2.45, 2.75) is 49.3 Å². The van der Waals surface area contributed by atoms with Gasteiger partial charge in [0.25, 0.3) is 0 Å². The first-order chi connectivity index (χ1) is 13.0. The average Bonchev–Trinajstić information content (AvgIpc) is 3.13. The summed E-state index contributed by atoms with van der Waals surface area (Å²) in [5.74, 6) is 1.02. The van der Waals surface area contributed by atoms with Crippen LogP contribution in [-0.2, 0) is 10.0 Å². The van der Waals surface area contributed by atoms with Gasteiger partial charge in [0, 0.05) is 12.5 Å². The van der Waals surface area contributed by atoms with Gasteiger partial charge >= 0.3 is 0 Å². The van der Waals surface area contributed by atoms with E-state index in [1.54, 1.807) is 11.4 Å². The van der Waals surface area contributed by atoms with E-state index in [2.05, 4.69) is 18.2 Å². The smallest absolute Gasteiger partial charge is 0.224 e. The molecule has 1 aromatic rings. The lowest BCUT2D eigenvalue weighted by molar-refractivity contribution is 0.337. The third-order valence-corrected chi connectivity index (χ3v) is 8.75. The van der Waals surface area contributed by atoms with E-state index in [1.165, 1.54) is 11.1 Å². The number of rotatable bonds is 4. The molecule has 3 aliphatic rings. The number of hydrogen-bond acceptors (Lipinski definition) is 3. The van der Waals surface area contributed by atoms with E-state index in [0.29, 0.717) is 13.0 Å². The van der Waals surface area contributed by atoms with Crippen molar-refractivity contribution in [3.05, 3.63) is 65.8 Å². The van der Waals surface area contributed by atoms with E-state index < -0.39 is 14.8 Å². The molecule has 27 heavy (non-hydrogen) atoms. The molecule has 4 nitrogen and oxygen atoms in total. The second-order valence-electron chi connectivity index (χ2n) is 7.85. The van der Waals surface area contributed by atoms with Crippen molar-refractivity contribution >= 4 is 10.0 Å². The minimum absolute atomic E-state index is 0.0618. The summed E-state index contributed by atoms with van der Waals surface area (Å²) in [7, 11) is -1.79. The highest BCUT2D eigenvalue weighted by Gasteiger charge is 2.49. The molecule has 2 aliphatic carbocycles. The van der Waals surface area contributed by atoms with Crippen LogP contribution in [0.5, 0.6) is 5.75 Å². The van der Waals surface area contributed by atoms with Crippen molar-refractivity contribution in [3.8, 4) is 5.75 Å². The van der Waals surface area contributed by atoms with Crippen LogP contribution in [0.2, 0.25) is 0 Å². The van der Waals surface area contributed by atoms with Crippen LogP contribution in [0, 0.1) is 0 Å². The van der Waals surface area contributed by atoms with E-state index in [1.807, 2.05) is 43.4 Å². The van der Waals surface area contributed by atoms with Crippen molar-refractivity contribution in [3.63, 3.8) is 0 Å². The zero-order valence-electron chi connectivity index (χ0n) is 16.0. The molecule has 1 fully saturated rings. The summed E-state index contributed by atoms with van der Waals surface area (Å²) in [6.45, 7) is 2.42. The summed E-state index contributed by atoms with van der Waals surface area (Å²) in [5, 5.41) is 0. The maximum Gasteiger partial charge on any atom is 0.224 e. The Morgan fingerprint density at radius 3 is 2.63 bits per heavy atom. The number of fused-ring (bicyclic) bond motifs is 1. The topological polar surface area (TPSA) is 46.6 Å². The number of ether oxygens (including phenoxy) is 1. The quantitative estimate of drug-likeness (QED) is 0.731. The van der Waals surface area contributed by atoms with Gasteiger partial charge in [-0.1, -0.05) is 48.1 Å². The summed E-state index contributed by atoms with van der Waals surface area (Å²) >= 11 is 0. The molecular weight excluding hydrogens is 358 g/mol. The maximum absolute atomic E-state index is 13.6. The van der Waals surface area contributed by atoms with Crippen molar-refractivity contribution in [2.24, 2.45) is 0 Å². The lowest BCUT2D eigenvalue weighted by Crippen LogP contribution is -2.49. The van der Waals surface area contributed by atoms with Crippen LogP contribution < -0.4 is 4.74 Å². The second kappa shape index (κ2) is 6.95. The Kier molecular flexibility index (Phi) is 4.77. The van der Waals surface area contributed by atoms with E-state index in [0.717, 1.165) is 25.0 Å². The molecule has 5 heteroatoms. The van der Waals surface area contributed by atoms with Gasteiger partial charge in [0.2, 0.25) is 10.0 Å². The fraction of sp³-hybridized carbons (Fsp3) is 0.455. The molecule has 0 N–H and O–H groups in total. The Labute approximate surface area is 162 Å². The first-order valence-electron chi connectivity index (χ1n) is 9.65. The van der Waals surface area contributed by atoms with Crippen LogP contribution in [0.1, 0.15) is 44.1 Å². The van der Waals surface area contributed by atoms with E-state index in [4.69, 9.17) is 4.74 Å². The Hall–Kier alpha value is -1.85. The summed E-state index contributed by atoms with van der Waals surface area (Å²) in [6, 6.07) is 8.04. The monoisotopic (exact) mass is 385 g/mol. The summed E-state index contributed by atoms with van der Waals surface area (Å²) in [4.78, 5) is 0. The highest BCUT2D eigenvalue weighted by atomic mass is 32.2. The molecule has 0 aromatic heterocycles. The molecule has 0 radical (unpaired) electrons. The van der Waals surface area contributed by atoms with Gasteiger partial charge in [-0.15, -0.1) is 0 Å². The standard InChI is InChI=1S/C22H27NO3S/c1-22(14-4-3-5-15-22)27(24,25)23-16-13-18-7-6-8-20(21(18)23)17-9-11-19(26-2)12-10-17/h3-5,7,9-12,14,20-21H,6,8,13,15-16H2,1-2H3/t20-,21+,22?/m0/s1. The number of methoxy groups -OCH3 is 1. The van der Waals surface area contributed by atoms with Crippen LogP contribution in [0.25, 0.3) is 0 Å². The average molecular weight is 386 g/mol. The van der Waals surface area contributed by atoms with Crippen molar-refractivity contribution in [1.29, 1.82) is 0 Å². The van der Waals surface area contributed by atoms with Gasteiger partial charge in [0.1, 0.15) is 10.5 Å². The predicted molar refractivity (Wildman–Crippen MR) is 108 cm³/mol. The van der Waals surface area contributed by atoms with E-state index in [9.17, 15) is 8.42 Å². The second-order valence-corrected chi connectivity index (χ2v) is 10.2. The molecule has 144 valence electrons. The minimum Gasteiger partial charge on any atom is -0.497 e. The Morgan fingerprint density at radius 1 is 1.19 bits per heavy atom. The van der Waals surface area contributed by atoms with Gasteiger partial charge < -0.3 is 4.74 Å². The van der Waals surface area contributed by atoms with Crippen LogP contribution in [0.15, 0.2) is 60.2 Å². The zero-order chi connectivity index (χ0) is 19.1. The van der Waals surface area contributed by atoms with Crippen molar-refractivity contribution in [2.75, 3.05) is 13.7 Å². The van der Waals surface area contributed by atoms with Gasteiger partial charge in [0.05, 0.1) is 13.2 Å². The summed E-state index contributed by atoms with van der Waals surface area (Å²) < 4.78 is 33.5. The normalized spacial score (nSPS) is 30.8. The van der Waals surface area contributed by atoms with E-state index >= 15 is 0 Å². The number of hydrogen-bond donors (Lipinski definition) is 0. The number of benzene rings is 1. The number of sulfonamides is 1. The predicted octanol–water partition coefficient (Wildman–Crippen LogP) is 4.18. The largest absolute Gasteiger partial charge is 0.497 e. The fourth-order valence-corrected chi connectivity index (χ4v) is 6.64. The lowest BCUT2D eigenvalue weighted by atomic mass is 9.80. The Balaban J connectivity index is 1.70. The molecule has 0 bridgehead atoms. The van der Waals surface area contributed by atoms with E-state index in [-0.39, 0.29) is 12.0 Å². The lowest BCUT2D eigenvalue weighted by Gasteiger charge is -2.39. The summed E-state index contributed by atoms with van der Waals surface area (Å²) in [5.41, 5.74) is 2.47. The van der Waals surface area contributed by atoms with Crippen LogP contribution in [0.3, 0.4) is 0 Å². The molecule has 1 heterocycles. The molecule has 1 unspecified atom stereocenters. The molecule has 4 rings (SSSR count). The molecular formula is C22H27NO3S. The zero-order valence-corrected chi connectivity index (χ0v) is 16.8. The summed E-state index contributed by atoms with van der Waals surface area (Å²) in [6.07, 6.45) is 13.2. The van der Waals surface area contributed by atoms with Crippen LogP contribution in [-0.4, -0.2) is 37.2 Å². The molecule has 1 aromatic carbocycles. The molecule has 0 spiro atoms. The minimum atomic E-state index is -3.46. The van der Waals surface area contributed by atoms with Gasteiger partial charge in [-0.3, -0.25) is 0 Å². The Morgan fingerprint density at radius 2 is 1.96 bits per heavy atom. The highest BCUT2D eigenvalue weighted by molar-refractivity contribution is 7.90. The van der Waals surface area contributed by atoms with Gasteiger partial charge in [0.15, 0.2) is 0 Å². The SMILES string of the molecule is COc1ccc([C@@H]2CCC=C3CCN(S(=O)(=O)C4(C)C=CC=CC4)[C@H]32)cc1. The first kappa shape index (κ1) is 18.5. The fourth-order valence-electron chi connectivity index (χ4n) is 4.64. The molecule has 0 amide bonds. The van der Waals surface area contributed by atoms with Crippen molar-refractivity contribution in [1.82, 2.24) is 4.31 Å². The molecule has 1 saturated heterocycles. The van der Waals surface area contributed by atoms with Gasteiger partial charge in [-0.05, 0) is 50.3 Å². The van der Waals surface area contributed by atoms with Gasteiger partial charge in [-0.25, -0.2) is 8.42 Å². The first-order valence-corrected chi connectivity index (χ1v) is 11.1. The van der Waals surface area contributed by atoms with Gasteiger partial charge in [-0.2, -0.15) is 4.31 Å². The molecule has 3 atom stereocenters. The number of nitrogens with zero attached hydrogens (tertiary/aromatic N) is 1. The van der Waals surface area contributed by atoms with Crippen LogP contribution >= 0.6 is 0 Å². The van der Waals surface area contributed by atoms with Crippen molar-refractivity contribution < 1.29 is 13.2 Å². The third-order valence-electron chi connectivity index (χ3n) is 6.24. The molecule has 1 aliphatic heterocycles. The molecule has 0 saturated carbocycles. The maximum atomic E-state index is 13.6. The van der Waals surface area contributed by atoms with Crippen LogP contribution in [0.4, 0.5) is 0 Å².